The summed E-state index contributed by atoms with van der Waals surface area (Å²) >= 11 is 0. The topological polar surface area (TPSA) is 87.7 Å². The minimum absolute atomic E-state index is 0.0773. The van der Waals surface area contributed by atoms with Crippen molar-refractivity contribution in [1.82, 2.24) is 10.6 Å². The summed E-state index contributed by atoms with van der Waals surface area (Å²) in [6.07, 6.45) is 3.25. The van der Waals surface area contributed by atoms with Gasteiger partial charge in [0.05, 0.1) is 5.54 Å². The maximum Gasteiger partial charge on any atom is 0.286 e. The predicted octanol–water partition coefficient (Wildman–Crippen LogP) is 2.20. The Bertz CT molecular complexity index is 665. The molecule has 2 amide bonds. The fourth-order valence-corrected chi connectivity index (χ4v) is 2.99. The number of aliphatic hydroxyl groups excluding tert-OH is 1. The summed E-state index contributed by atoms with van der Waals surface area (Å²) in [4.78, 5) is 23.6. The van der Waals surface area contributed by atoms with Crippen molar-refractivity contribution < 1.29 is 19.4 Å². The van der Waals surface area contributed by atoms with Gasteiger partial charge in [0, 0.05) is 19.0 Å². The van der Waals surface area contributed by atoms with Crippen molar-refractivity contribution in [2.75, 3.05) is 6.54 Å². The molecule has 6 nitrogen and oxygen atoms in total. The first-order chi connectivity index (χ1) is 12.0. The van der Waals surface area contributed by atoms with Gasteiger partial charge < -0.3 is 20.5 Å². The SMILES string of the molecule is CC.CC(=O)NC1(CNC(=O)C2=CC(O)c3ccccc3O2)CCC1. The van der Waals surface area contributed by atoms with Crippen LogP contribution in [-0.2, 0) is 9.59 Å². The molecule has 3 N–H and O–H groups in total. The quantitative estimate of drug-likeness (QED) is 0.780. The van der Waals surface area contributed by atoms with E-state index in [4.69, 9.17) is 4.74 Å². The van der Waals surface area contributed by atoms with Crippen LogP contribution in [0.25, 0.3) is 0 Å². The Morgan fingerprint density at radius 1 is 1.28 bits per heavy atom. The molecule has 0 saturated heterocycles. The molecule has 136 valence electrons. The second-order valence-corrected chi connectivity index (χ2v) is 6.11. The number of carbonyl (C=O) groups excluding carboxylic acids is 2. The molecule has 1 fully saturated rings. The van der Waals surface area contributed by atoms with Crippen LogP contribution in [0.15, 0.2) is 36.1 Å². The van der Waals surface area contributed by atoms with Gasteiger partial charge in [-0.05, 0) is 31.4 Å². The molecule has 2 aliphatic rings. The lowest BCUT2D eigenvalue weighted by Gasteiger charge is -2.42. The number of fused-ring (bicyclic) bond motifs is 1. The summed E-state index contributed by atoms with van der Waals surface area (Å²) in [6.45, 7) is 5.83. The highest BCUT2D eigenvalue weighted by molar-refractivity contribution is 5.92. The molecular weight excluding hydrogens is 320 g/mol. The normalized spacial score (nSPS) is 19.7. The van der Waals surface area contributed by atoms with E-state index in [1.807, 2.05) is 13.8 Å². The van der Waals surface area contributed by atoms with Crippen LogP contribution in [-0.4, -0.2) is 29.0 Å². The van der Waals surface area contributed by atoms with Crippen molar-refractivity contribution in [3.63, 3.8) is 0 Å². The molecule has 1 saturated carbocycles. The Morgan fingerprint density at radius 2 is 1.96 bits per heavy atom. The molecule has 1 aromatic carbocycles. The van der Waals surface area contributed by atoms with Crippen LogP contribution >= 0.6 is 0 Å². The summed E-state index contributed by atoms with van der Waals surface area (Å²) < 4.78 is 5.56. The van der Waals surface area contributed by atoms with Gasteiger partial charge in [0.2, 0.25) is 5.91 Å². The minimum atomic E-state index is -0.867. The largest absolute Gasteiger partial charge is 0.451 e. The monoisotopic (exact) mass is 346 g/mol. The van der Waals surface area contributed by atoms with Crippen molar-refractivity contribution >= 4 is 11.8 Å². The van der Waals surface area contributed by atoms with E-state index < -0.39 is 12.0 Å². The number of amides is 2. The number of carbonyl (C=O) groups is 2. The van der Waals surface area contributed by atoms with E-state index in [2.05, 4.69) is 10.6 Å². The van der Waals surface area contributed by atoms with Crippen LogP contribution < -0.4 is 15.4 Å². The first-order valence-corrected chi connectivity index (χ1v) is 8.73. The second-order valence-electron chi connectivity index (χ2n) is 6.11. The van der Waals surface area contributed by atoms with Crippen LogP contribution in [0.4, 0.5) is 0 Å². The Morgan fingerprint density at radius 3 is 2.56 bits per heavy atom. The third-order valence-electron chi connectivity index (χ3n) is 4.33. The third kappa shape index (κ3) is 4.39. The number of rotatable bonds is 4. The van der Waals surface area contributed by atoms with Crippen LogP contribution in [0.1, 0.15) is 51.7 Å². The smallest absolute Gasteiger partial charge is 0.286 e. The van der Waals surface area contributed by atoms with Crippen LogP contribution in [0.3, 0.4) is 0 Å². The number of hydrogen-bond donors (Lipinski definition) is 3. The Kier molecular flexibility index (Phi) is 6.20. The van der Waals surface area contributed by atoms with Gasteiger partial charge in [0.1, 0.15) is 11.9 Å². The first-order valence-electron chi connectivity index (χ1n) is 8.73. The van der Waals surface area contributed by atoms with Crippen molar-refractivity contribution in [3.8, 4) is 5.75 Å². The van der Waals surface area contributed by atoms with Gasteiger partial charge in [-0.1, -0.05) is 32.0 Å². The van der Waals surface area contributed by atoms with E-state index in [0.29, 0.717) is 17.9 Å². The molecule has 0 radical (unpaired) electrons. The lowest BCUT2D eigenvalue weighted by atomic mass is 9.76. The average molecular weight is 346 g/mol. The first kappa shape index (κ1) is 19.0. The predicted molar refractivity (Wildman–Crippen MR) is 94.9 cm³/mol. The highest BCUT2D eigenvalue weighted by atomic mass is 16.5. The average Bonchev–Trinajstić information content (AvgIpc) is 2.58. The minimum Gasteiger partial charge on any atom is -0.451 e. The van der Waals surface area contributed by atoms with Crippen molar-refractivity contribution in [2.45, 2.75) is 51.7 Å². The fraction of sp³-hybridized carbons (Fsp3) is 0.474. The summed E-state index contributed by atoms with van der Waals surface area (Å²) in [5.74, 6) is 0.0629. The second kappa shape index (κ2) is 8.16. The molecule has 0 aromatic heterocycles. The van der Waals surface area contributed by atoms with Crippen LogP contribution in [0.5, 0.6) is 5.75 Å². The molecule has 1 aliphatic heterocycles. The van der Waals surface area contributed by atoms with Crippen LogP contribution in [0, 0.1) is 0 Å². The molecule has 25 heavy (non-hydrogen) atoms. The highest BCUT2D eigenvalue weighted by Gasteiger charge is 2.38. The van der Waals surface area contributed by atoms with E-state index in [1.54, 1.807) is 24.3 Å². The number of nitrogens with one attached hydrogen (secondary N) is 2. The zero-order chi connectivity index (χ0) is 18.4. The van der Waals surface area contributed by atoms with E-state index in [1.165, 1.54) is 13.0 Å². The van der Waals surface area contributed by atoms with Gasteiger partial charge in [-0.2, -0.15) is 0 Å². The molecule has 6 heteroatoms. The van der Waals surface area contributed by atoms with Crippen molar-refractivity contribution in [1.29, 1.82) is 0 Å². The molecular formula is C19H26N2O4. The van der Waals surface area contributed by atoms with Gasteiger partial charge in [-0.3, -0.25) is 9.59 Å². The van der Waals surface area contributed by atoms with Gasteiger partial charge in [-0.25, -0.2) is 0 Å². The van der Waals surface area contributed by atoms with Crippen molar-refractivity contribution in [3.05, 3.63) is 41.7 Å². The molecule has 1 aliphatic carbocycles. The number of ether oxygens (including phenoxy) is 1. The van der Waals surface area contributed by atoms with E-state index in [0.717, 1.165) is 19.3 Å². The maximum atomic E-state index is 12.3. The van der Waals surface area contributed by atoms with Gasteiger partial charge in [0.15, 0.2) is 5.76 Å². The van der Waals surface area contributed by atoms with Gasteiger partial charge in [0.25, 0.3) is 5.91 Å². The lowest BCUT2D eigenvalue weighted by molar-refractivity contribution is -0.124. The number of hydrogen-bond acceptors (Lipinski definition) is 4. The molecule has 1 heterocycles. The zero-order valence-corrected chi connectivity index (χ0v) is 15.0. The zero-order valence-electron chi connectivity index (χ0n) is 15.0. The van der Waals surface area contributed by atoms with Crippen molar-refractivity contribution in [2.24, 2.45) is 0 Å². The fourth-order valence-electron chi connectivity index (χ4n) is 2.99. The Balaban J connectivity index is 0.00000109. The number of aliphatic hydroxyl groups is 1. The maximum absolute atomic E-state index is 12.3. The van der Waals surface area contributed by atoms with Gasteiger partial charge in [-0.15, -0.1) is 0 Å². The molecule has 1 unspecified atom stereocenters. The Hall–Kier alpha value is -2.34. The van der Waals surface area contributed by atoms with E-state index >= 15 is 0 Å². The van der Waals surface area contributed by atoms with Gasteiger partial charge >= 0.3 is 0 Å². The van der Waals surface area contributed by atoms with Crippen LogP contribution in [0.2, 0.25) is 0 Å². The summed E-state index contributed by atoms with van der Waals surface area (Å²) in [5, 5.41) is 15.8. The molecule has 1 atom stereocenters. The number of benzene rings is 1. The molecule has 0 spiro atoms. The number of para-hydroxylation sites is 1. The highest BCUT2D eigenvalue weighted by Crippen LogP contribution is 2.33. The van der Waals surface area contributed by atoms with E-state index in [-0.39, 0.29) is 17.2 Å². The third-order valence-corrected chi connectivity index (χ3v) is 4.33. The molecule has 3 rings (SSSR count). The lowest BCUT2D eigenvalue weighted by Crippen LogP contribution is -2.59. The summed E-state index contributed by atoms with van der Waals surface area (Å²) in [7, 11) is 0. The molecule has 0 bridgehead atoms. The Labute approximate surface area is 148 Å². The van der Waals surface area contributed by atoms with E-state index in [9.17, 15) is 14.7 Å². The summed E-state index contributed by atoms with van der Waals surface area (Å²) in [5.41, 5.74) is 0.283. The molecule has 1 aromatic rings. The summed E-state index contributed by atoms with van der Waals surface area (Å²) in [6, 6.07) is 7.06. The standard InChI is InChI=1S/C17H20N2O4.C2H6/c1-11(20)19-17(7-4-8-17)10-18-16(22)15-9-13(21)12-5-2-3-6-14(12)23-15;1-2/h2-3,5-6,9,13,21H,4,7-8,10H2,1H3,(H,18,22)(H,19,20);1-2H3.